The number of benzene rings is 1. The second-order valence-corrected chi connectivity index (χ2v) is 8.86. The molecule has 1 fully saturated rings. The van der Waals surface area contributed by atoms with Crippen molar-refractivity contribution in [2.45, 2.75) is 52.0 Å². The van der Waals surface area contributed by atoms with Crippen LogP contribution >= 0.6 is 0 Å². The molecule has 1 aliphatic rings. The maximum Gasteiger partial charge on any atom is 0.254 e. The zero-order valence-corrected chi connectivity index (χ0v) is 16.1. The summed E-state index contributed by atoms with van der Waals surface area (Å²) < 4.78 is 29.2. The molecule has 0 radical (unpaired) electrons. The van der Waals surface area contributed by atoms with Crippen molar-refractivity contribution in [3.63, 3.8) is 0 Å². The van der Waals surface area contributed by atoms with Crippen molar-refractivity contribution >= 4 is 15.7 Å². The number of sulfone groups is 1. The van der Waals surface area contributed by atoms with Crippen LogP contribution in [0.4, 0.5) is 0 Å². The average molecular weight is 368 g/mol. The molecule has 0 aromatic heterocycles. The Morgan fingerprint density at radius 1 is 1.16 bits per heavy atom. The van der Waals surface area contributed by atoms with E-state index < -0.39 is 9.84 Å². The number of hydrogen-bond donors (Lipinski definition) is 0. The van der Waals surface area contributed by atoms with Crippen LogP contribution < -0.4 is 4.74 Å². The maximum atomic E-state index is 12.9. The van der Waals surface area contributed by atoms with Crippen LogP contribution in [-0.2, 0) is 9.84 Å². The smallest absolute Gasteiger partial charge is 0.254 e. The first-order valence-electron chi connectivity index (χ1n) is 9.21. The molecule has 0 N–H and O–H groups in total. The topological polar surface area (TPSA) is 63.7 Å². The highest BCUT2D eigenvalue weighted by Gasteiger charge is 2.34. The minimum absolute atomic E-state index is 0.0840. The summed E-state index contributed by atoms with van der Waals surface area (Å²) in [7, 11) is -3.01. The molecule has 0 spiro atoms. The van der Waals surface area contributed by atoms with Gasteiger partial charge in [-0.1, -0.05) is 26.7 Å². The van der Waals surface area contributed by atoms with Gasteiger partial charge in [-0.05, 0) is 43.5 Å². The quantitative estimate of drug-likeness (QED) is 0.628. The summed E-state index contributed by atoms with van der Waals surface area (Å²) in [5.74, 6) is 0.933. The minimum atomic E-state index is -3.01. The summed E-state index contributed by atoms with van der Waals surface area (Å²) >= 11 is 0. The number of rotatable bonds is 9. The van der Waals surface area contributed by atoms with Gasteiger partial charge in [-0.25, -0.2) is 8.42 Å². The summed E-state index contributed by atoms with van der Waals surface area (Å²) in [6.07, 6.45) is 4.46. The predicted octanol–water partition coefficient (Wildman–Crippen LogP) is 3.29. The number of unbranched alkanes of at least 4 members (excludes halogenated alkanes) is 2. The Balaban J connectivity index is 2.07. The van der Waals surface area contributed by atoms with E-state index in [9.17, 15) is 13.2 Å². The van der Waals surface area contributed by atoms with Crippen LogP contribution in [0.3, 0.4) is 0 Å². The molecular weight excluding hydrogens is 338 g/mol. The van der Waals surface area contributed by atoms with Crippen molar-refractivity contribution < 1.29 is 17.9 Å². The van der Waals surface area contributed by atoms with Gasteiger partial charge in [0.15, 0.2) is 9.84 Å². The SMILES string of the molecule is CCCCOc1ccc(C(=O)N(CCCC)[C@@H]2CCS(=O)(=O)C2)cc1. The Kier molecular flexibility index (Phi) is 7.29. The molecule has 25 heavy (non-hydrogen) atoms. The lowest BCUT2D eigenvalue weighted by molar-refractivity contribution is 0.0694. The van der Waals surface area contributed by atoms with Crippen LogP contribution in [-0.4, -0.2) is 49.9 Å². The Labute approximate surface area is 151 Å². The fourth-order valence-electron chi connectivity index (χ4n) is 2.99. The third-order valence-electron chi connectivity index (χ3n) is 4.53. The molecule has 140 valence electrons. The van der Waals surface area contributed by atoms with Gasteiger partial charge in [-0.3, -0.25) is 4.79 Å². The Morgan fingerprint density at radius 3 is 2.40 bits per heavy atom. The molecule has 1 heterocycles. The van der Waals surface area contributed by atoms with Crippen molar-refractivity contribution in [1.29, 1.82) is 0 Å². The van der Waals surface area contributed by atoms with E-state index in [4.69, 9.17) is 4.74 Å². The highest BCUT2D eigenvalue weighted by atomic mass is 32.2. The summed E-state index contributed by atoms with van der Waals surface area (Å²) in [5.41, 5.74) is 0.586. The lowest BCUT2D eigenvalue weighted by Gasteiger charge is -2.28. The van der Waals surface area contributed by atoms with Gasteiger partial charge in [0.25, 0.3) is 5.91 Å². The average Bonchev–Trinajstić information content (AvgIpc) is 2.95. The predicted molar refractivity (Wildman–Crippen MR) is 99.8 cm³/mol. The molecule has 5 nitrogen and oxygen atoms in total. The van der Waals surface area contributed by atoms with Gasteiger partial charge >= 0.3 is 0 Å². The van der Waals surface area contributed by atoms with Crippen molar-refractivity contribution in [2.24, 2.45) is 0 Å². The molecule has 0 bridgehead atoms. The number of amides is 1. The van der Waals surface area contributed by atoms with Crippen molar-refractivity contribution in [1.82, 2.24) is 4.90 Å². The molecule has 1 amide bonds. The first-order chi connectivity index (χ1) is 12.0. The molecular formula is C19H29NO4S. The highest BCUT2D eigenvalue weighted by Crippen LogP contribution is 2.22. The molecule has 1 atom stereocenters. The lowest BCUT2D eigenvalue weighted by Crippen LogP contribution is -2.41. The zero-order valence-electron chi connectivity index (χ0n) is 15.2. The van der Waals surface area contributed by atoms with Gasteiger partial charge in [-0.15, -0.1) is 0 Å². The minimum Gasteiger partial charge on any atom is -0.494 e. The van der Waals surface area contributed by atoms with Gasteiger partial charge in [0.2, 0.25) is 0 Å². The molecule has 1 aliphatic heterocycles. The van der Waals surface area contributed by atoms with Crippen LogP contribution in [0.2, 0.25) is 0 Å². The molecule has 6 heteroatoms. The van der Waals surface area contributed by atoms with Crippen LogP contribution in [0.25, 0.3) is 0 Å². The summed E-state index contributed by atoms with van der Waals surface area (Å²) in [4.78, 5) is 14.7. The molecule has 1 saturated heterocycles. The number of hydrogen-bond acceptors (Lipinski definition) is 4. The Bertz CT molecular complexity index is 655. The van der Waals surface area contributed by atoms with Gasteiger partial charge < -0.3 is 9.64 Å². The standard InChI is InChI=1S/C19H29NO4S/c1-3-5-12-20(17-11-14-25(22,23)15-17)19(21)16-7-9-18(10-8-16)24-13-6-4-2/h7-10,17H,3-6,11-15H2,1-2H3/t17-/m1/s1. The van der Waals surface area contributed by atoms with E-state index in [0.29, 0.717) is 25.1 Å². The first kappa shape index (κ1) is 19.8. The van der Waals surface area contributed by atoms with Crippen molar-refractivity contribution in [2.75, 3.05) is 24.7 Å². The largest absolute Gasteiger partial charge is 0.494 e. The third-order valence-corrected chi connectivity index (χ3v) is 6.28. The van der Waals surface area contributed by atoms with Crippen LogP contribution in [0, 0.1) is 0 Å². The molecule has 1 aromatic rings. The zero-order chi connectivity index (χ0) is 18.3. The Morgan fingerprint density at radius 2 is 1.84 bits per heavy atom. The van der Waals surface area contributed by atoms with E-state index in [0.717, 1.165) is 31.4 Å². The van der Waals surface area contributed by atoms with Gasteiger partial charge in [-0.2, -0.15) is 0 Å². The van der Waals surface area contributed by atoms with E-state index >= 15 is 0 Å². The fraction of sp³-hybridized carbons (Fsp3) is 0.632. The molecule has 1 aromatic carbocycles. The van der Waals surface area contributed by atoms with Crippen molar-refractivity contribution in [3.05, 3.63) is 29.8 Å². The second-order valence-electron chi connectivity index (χ2n) is 6.64. The van der Waals surface area contributed by atoms with E-state index in [1.165, 1.54) is 0 Å². The highest BCUT2D eigenvalue weighted by molar-refractivity contribution is 7.91. The number of ether oxygens (including phenoxy) is 1. The van der Waals surface area contributed by atoms with Crippen LogP contribution in [0.5, 0.6) is 5.75 Å². The summed E-state index contributed by atoms with van der Waals surface area (Å²) in [6.45, 7) is 5.45. The fourth-order valence-corrected chi connectivity index (χ4v) is 4.72. The number of nitrogens with zero attached hydrogens (tertiary/aromatic N) is 1. The van der Waals surface area contributed by atoms with Crippen molar-refractivity contribution in [3.8, 4) is 5.75 Å². The van der Waals surface area contributed by atoms with Gasteiger partial charge in [0, 0.05) is 18.2 Å². The van der Waals surface area contributed by atoms with E-state index in [1.54, 1.807) is 17.0 Å². The number of carbonyl (C=O) groups excluding carboxylic acids is 1. The van der Waals surface area contributed by atoms with E-state index in [-0.39, 0.29) is 23.5 Å². The second kappa shape index (κ2) is 9.22. The Hall–Kier alpha value is -1.56. The molecule has 0 aliphatic carbocycles. The monoisotopic (exact) mass is 367 g/mol. The third kappa shape index (κ3) is 5.73. The van der Waals surface area contributed by atoms with E-state index in [1.807, 2.05) is 12.1 Å². The van der Waals surface area contributed by atoms with Gasteiger partial charge in [0.1, 0.15) is 5.75 Å². The summed E-state index contributed by atoms with van der Waals surface area (Å²) in [5, 5.41) is 0. The summed E-state index contributed by atoms with van der Waals surface area (Å²) in [6, 6.07) is 6.96. The van der Waals surface area contributed by atoms with Crippen LogP contribution in [0.15, 0.2) is 24.3 Å². The molecule has 2 rings (SSSR count). The normalized spacial score (nSPS) is 18.9. The number of carbonyl (C=O) groups is 1. The van der Waals surface area contributed by atoms with Crippen LogP contribution in [0.1, 0.15) is 56.3 Å². The molecule has 0 saturated carbocycles. The first-order valence-corrected chi connectivity index (χ1v) is 11.0. The molecule has 0 unspecified atom stereocenters. The van der Waals surface area contributed by atoms with E-state index in [2.05, 4.69) is 13.8 Å². The lowest BCUT2D eigenvalue weighted by atomic mass is 10.1. The maximum absolute atomic E-state index is 12.9. The van der Waals surface area contributed by atoms with Gasteiger partial charge in [0.05, 0.1) is 18.1 Å².